The number of benzene rings is 2. The van der Waals surface area contributed by atoms with Gasteiger partial charge in [-0.1, -0.05) is 25.5 Å². The summed E-state index contributed by atoms with van der Waals surface area (Å²) >= 11 is 0. The summed E-state index contributed by atoms with van der Waals surface area (Å²) in [6.07, 6.45) is 2.16. The first-order valence-corrected chi connectivity index (χ1v) is 6.62. The van der Waals surface area contributed by atoms with E-state index in [1.165, 1.54) is 17.7 Å². The van der Waals surface area contributed by atoms with Crippen molar-refractivity contribution in [3.63, 3.8) is 0 Å². The van der Waals surface area contributed by atoms with Crippen molar-refractivity contribution >= 4 is 0 Å². The summed E-state index contributed by atoms with van der Waals surface area (Å²) in [6, 6.07) is 14.0. The quantitative estimate of drug-likeness (QED) is 0.813. The molecule has 0 amide bonds. The van der Waals surface area contributed by atoms with Crippen LogP contribution in [0.4, 0.5) is 4.39 Å². The van der Waals surface area contributed by atoms with Crippen molar-refractivity contribution in [1.29, 1.82) is 5.26 Å². The highest BCUT2D eigenvalue weighted by Gasteiger charge is 2.02. The summed E-state index contributed by atoms with van der Waals surface area (Å²) in [4.78, 5) is 0. The van der Waals surface area contributed by atoms with Crippen LogP contribution in [0.1, 0.15) is 30.0 Å². The molecular weight excluding hydrogens is 253 g/mol. The highest BCUT2D eigenvalue weighted by atomic mass is 19.1. The number of nitriles is 1. The number of hydrogen-bond acceptors (Lipinski definition) is 2. The lowest BCUT2D eigenvalue weighted by Crippen LogP contribution is -1.97. The Morgan fingerprint density at radius 1 is 1.10 bits per heavy atom. The highest BCUT2D eigenvalue weighted by Crippen LogP contribution is 2.16. The van der Waals surface area contributed by atoms with Crippen molar-refractivity contribution in [2.24, 2.45) is 0 Å². The summed E-state index contributed by atoms with van der Waals surface area (Å²) in [5.74, 6) is 0.327. The zero-order valence-corrected chi connectivity index (χ0v) is 11.4. The van der Waals surface area contributed by atoms with E-state index in [9.17, 15) is 4.39 Å². The van der Waals surface area contributed by atoms with Gasteiger partial charge in [-0.05, 0) is 47.9 Å². The minimum atomic E-state index is -0.416. The molecule has 0 unspecified atom stereocenters. The Bertz CT molecular complexity index is 614. The van der Waals surface area contributed by atoms with Crippen LogP contribution in [0.25, 0.3) is 0 Å². The van der Waals surface area contributed by atoms with Crippen molar-refractivity contribution in [3.05, 3.63) is 65.0 Å². The number of aryl methyl sites for hydroxylation is 1. The lowest BCUT2D eigenvalue weighted by molar-refractivity contribution is 0.305. The molecule has 2 aromatic carbocycles. The number of ether oxygens (including phenoxy) is 1. The van der Waals surface area contributed by atoms with Crippen molar-refractivity contribution in [3.8, 4) is 11.8 Å². The molecule has 0 aliphatic heterocycles. The van der Waals surface area contributed by atoms with Crippen LogP contribution in [-0.2, 0) is 13.0 Å². The van der Waals surface area contributed by atoms with Crippen molar-refractivity contribution in [2.75, 3.05) is 0 Å². The Hall–Kier alpha value is -2.34. The summed E-state index contributed by atoms with van der Waals surface area (Å²) in [5.41, 5.74) is 2.23. The van der Waals surface area contributed by atoms with E-state index in [2.05, 4.69) is 6.92 Å². The minimum absolute atomic E-state index is 0.250. The van der Waals surface area contributed by atoms with Gasteiger partial charge in [0.1, 0.15) is 18.2 Å². The molecule has 0 saturated carbocycles. The van der Waals surface area contributed by atoms with Gasteiger partial charge in [0.2, 0.25) is 0 Å². The molecule has 0 radical (unpaired) electrons. The van der Waals surface area contributed by atoms with E-state index in [-0.39, 0.29) is 6.61 Å². The van der Waals surface area contributed by atoms with Crippen LogP contribution in [0.2, 0.25) is 0 Å². The van der Waals surface area contributed by atoms with Gasteiger partial charge in [-0.3, -0.25) is 0 Å². The molecule has 0 bridgehead atoms. The van der Waals surface area contributed by atoms with Crippen LogP contribution in [0.15, 0.2) is 42.5 Å². The molecular formula is C17H16FNO. The largest absolute Gasteiger partial charge is 0.489 e. The van der Waals surface area contributed by atoms with E-state index in [0.29, 0.717) is 11.1 Å². The molecule has 2 aromatic rings. The molecule has 102 valence electrons. The SMILES string of the molecule is CCCc1ccc(OCc2cc(F)cc(C#N)c2)cc1. The van der Waals surface area contributed by atoms with Crippen molar-refractivity contribution < 1.29 is 9.13 Å². The van der Waals surface area contributed by atoms with E-state index in [1.807, 2.05) is 30.3 Å². The lowest BCUT2D eigenvalue weighted by atomic mass is 10.1. The fourth-order valence-electron chi connectivity index (χ4n) is 2.01. The summed E-state index contributed by atoms with van der Waals surface area (Å²) in [6.45, 7) is 2.39. The molecule has 0 aromatic heterocycles. The molecule has 0 saturated heterocycles. The fraction of sp³-hybridized carbons (Fsp3) is 0.235. The smallest absolute Gasteiger partial charge is 0.124 e. The van der Waals surface area contributed by atoms with E-state index in [0.717, 1.165) is 18.6 Å². The van der Waals surface area contributed by atoms with E-state index in [4.69, 9.17) is 10.00 Å². The normalized spacial score (nSPS) is 10.1. The molecule has 0 aliphatic rings. The van der Waals surface area contributed by atoms with E-state index in [1.54, 1.807) is 6.07 Å². The average molecular weight is 269 g/mol. The summed E-state index contributed by atoms with van der Waals surface area (Å²) in [7, 11) is 0. The maximum atomic E-state index is 13.3. The number of halogens is 1. The predicted molar refractivity (Wildman–Crippen MR) is 75.9 cm³/mol. The maximum Gasteiger partial charge on any atom is 0.124 e. The van der Waals surface area contributed by atoms with Gasteiger partial charge < -0.3 is 4.74 Å². The molecule has 2 nitrogen and oxygen atoms in total. The Morgan fingerprint density at radius 2 is 1.85 bits per heavy atom. The molecule has 2 rings (SSSR count). The first kappa shape index (κ1) is 14.1. The van der Waals surface area contributed by atoms with Crippen LogP contribution in [0.3, 0.4) is 0 Å². The third kappa shape index (κ3) is 3.83. The molecule has 3 heteroatoms. The van der Waals surface area contributed by atoms with Crippen LogP contribution in [0, 0.1) is 17.1 Å². The zero-order chi connectivity index (χ0) is 14.4. The van der Waals surface area contributed by atoms with E-state index < -0.39 is 5.82 Å². The third-order valence-electron chi connectivity index (χ3n) is 2.95. The minimum Gasteiger partial charge on any atom is -0.489 e. The number of hydrogen-bond donors (Lipinski definition) is 0. The first-order valence-electron chi connectivity index (χ1n) is 6.62. The Labute approximate surface area is 118 Å². The number of nitrogens with zero attached hydrogens (tertiary/aromatic N) is 1. The Balaban J connectivity index is 2.01. The third-order valence-corrected chi connectivity index (χ3v) is 2.95. The summed E-state index contributed by atoms with van der Waals surface area (Å²) in [5, 5.41) is 8.80. The van der Waals surface area contributed by atoms with Crippen LogP contribution >= 0.6 is 0 Å². The molecule has 0 atom stereocenters. The average Bonchev–Trinajstić information content (AvgIpc) is 2.46. The molecule has 0 aliphatic carbocycles. The van der Waals surface area contributed by atoms with Crippen molar-refractivity contribution in [1.82, 2.24) is 0 Å². The van der Waals surface area contributed by atoms with Crippen molar-refractivity contribution in [2.45, 2.75) is 26.4 Å². The molecule has 20 heavy (non-hydrogen) atoms. The Kier molecular flexibility index (Phi) is 4.73. The number of rotatable bonds is 5. The molecule has 0 spiro atoms. The van der Waals surface area contributed by atoms with Crippen LogP contribution in [0.5, 0.6) is 5.75 Å². The van der Waals surface area contributed by atoms with Gasteiger partial charge in [0.15, 0.2) is 0 Å². The fourth-order valence-corrected chi connectivity index (χ4v) is 2.01. The van der Waals surface area contributed by atoms with Gasteiger partial charge in [0.25, 0.3) is 0 Å². The molecule has 0 fully saturated rings. The highest BCUT2D eigenvalue weighted by molar-refractivity contribution is 5.34. The second-order valence-electron chi connectivity index (χ2n) is 4.64. The van der Waals surface area contributed by atoms with Crippen LogP contribution < -0.4 is 4.74 Å². The van der Waals surface area contributed by atoms with Gasteiger partial charge in [-0.2, -0.15) is 5.26 Å². The topological polar surface area (TPSA) is 33.0 Å². The standard InChI is InChI=1S/C17H16FNO/c1-2-3-13-4-6-17(7-5-13)20-12-15-8-14(11-19)9-16(18)10-15/h4-10H,2-3,12H2,1H3. The second kappa shape index (κ2) is 6.72. The Morgan fingerprint density at radius 3 is 2.50 bits per heavy atom. The maximum absolute atomic E-state index is 13.3. The zero-order valence-electron chi connectivity index (χ0n) is 11.4. The first-order chi connectivity index (χ1) is 9.71. The summed E-state index contributed by atoms with van der Waals surface area (Å²) < 4.78 is 18.9. The molecule has 0 heterocycles. The van der Waals surface area contributed by atoms with Gasteiger partial charge in [0.05, 0.1) is 11.6 Å². The van der Waals surface area contributed by atoms with Gasteiger partial charge in [0, 0.05) is 0 Å². The predicted octanol–water partition coefficient (Wildman–Crippen LogP) is 4.23. The van der Waals surface area contributed by atoms with Gasteiger partial charge >= 0.3 is 0 Å². The van der Waals surface area contributed by atoms with Gasteiger partial charge in [-0.25, -0.2) is 4.39 Å². The monoisotopic (exact) mass is 269 g/mol. The van der Waals surface area contributed by atoms with Crippen LogP contribution in [-0.4, -0.2) is 0 Å². The molecule has 0 N–H and O–H groups in total. The van der Waals surface area contributed by atoms with E-state index >= 15 is 0 Å². The van der Waals surface area contributed by atoms with Gasteiger partial charge in [-0.15, -0.1) is 0 Å². The lowest BCUT2D eigenvalue weighted by Gasteiger charge is -2.07. The second-order valence-corrected chi connectivity index (χ2v) is 4.64.